The van der Waals surface area contributed by atoms with Gasteiger partial charge in [-0.3, -0.25) is 4.79 Å². The highest BCUT2D eigenvalue weighted by Crippen LogP contribution is 2.23. The predicted molar refractivity (Wildman–Crippen MR) is 132 cm³/mol. The van der Waals surface area contributed by atoms with Crippen LogP contribution < -0.4 is 10.6 Å². The Kier molecular flexibility index (Phi) is 10.6. The molecule has 30 heavy (non-hydrogen) atoms. The first-order chi connectivity index (χ1) is 13.6. The molecule has 2 N–H and O–H groups in total. The molecule has 1 aliphatic rings. The van der Waals surface area contributed by atoms with E-state index in [4.69, 9.17) is 0 Å². The van der Waals surface area contributed by atoms with Crippen molar-refractivity contribution in [2.45, 2.75) is 50.8 Å². The average molecular weight is 551 g/mol. The Balaban J connectivity index is 0.00000450. The van der Waals surface area contributed by atoms with Crippen molar-refractivity contribution in [3.8, 4) is 0 Å². The standard InChI is InChI=1S/C21H34N4O3S.HI/c1-5-22-20(24-16-19(26)25-13-6-7-14-25)23-12-15-29(27,28)18-10-8-17(9-11-18)21(2,3)4;/h8-11H,5-7,12-16H2,1-4H3,(H2,22,23,24);1H. The van der Waals surface area contributed by atoms with Crippen molar-refractivity contribution < 1.29 is 13.2 Å². The van der Waals surface area contributed by atoms with E-state index in [1.807, 2.05) is 24.0 Å². The number of halogens is 1. The van der Waals surface area contributed by atoms with Gasteiger partial charge >= 0.3 is 0 Å². The third-order valence-corrected chi connectivity index (χ3v) is 6.65. The Morgan fingerprint density at radius 1 is 1.10 bits per heavy atom. The maximum atomic E-state index is 12.6. The molecule has 170 valence electrons. The van der Waals surface area contributed by atoms with Gasteiger partial charge in [-0.2, -0.15) is 0 Å². The van der Waals surface area contributed by atoms with Crippen molar-refractivity contribution in [3.05, 3.63) is 29.8 Å². The van der Waals surface area contributed by atoms with E-state index in [-0.39, 0.29) is 54.1 Å². The number of rotatable bonds is 7. The molecule has 0 atom stereocenters. The van der Waals surface area contributed by atoms with E-state index in [0.29, 0.717) is 17.4 Å². The molecule has 1 amide bonds. The summed E-state index contributed by atoms with van der Waals surface area (Å²) in [5.74, 6) is 0.413. The molecule has 1 heterocycles. The van der Waals surface area contributed by atoms with Gasteiger partial charge in [0.1, 0.15) is 6.54 Å². The Labute approximate surface area is 198 Å². The summed E-state index contributed by atoms with van der Waals surface area (Å²) in [5, 5.41) is 6.07. The summed E-state index contributed by atoms with van der Waals surface area (Å²) in [6.07, 6.45) is 2.09. The van der Waals surface area contributed by atoms with Gasteiger partial charge in [-0.25, -0.2) is 13.4 Å². The fourth-order valence-corrected chi connectivity index (χ4v) is 4.30. The molecule has 1 aromatic rings. The molecule has 7 nitrogen and oxygen atoms in total. The van der Waals surface area contributed by atoms with Gasteiger partial charge in [-0.15, -0.1) is 24.0 Å². The van der Waals surface area contributed by atoms with E-state index in [1.165, 1.54) is 0 Å². The van der Waals surface area contributed by atoms with Crippen LogP contribution in [0.2, 0.25) is 0 Å². The van der Waals surface area contributed by atoms with Crippen molar-refractivity contribution in [2.75, 3.05) is 38.5 Å². The first kappa shape index (κ1) is 26.7. The zero-order valence-corrected chi connectivity index (χ0v) is 21.5. The minimum Gasteiger partial charge on any atom is -0.357 e. The number of sulfone groups is 1. The molecular weight excluding hydrogens is 515 g/mol. The summed E-state index contributed by atoms with van der Waals surface area (Å²) in [4.78, 5) is 18.6. The van der Waals surface area contributed by atoms with Gasteiger partial charge < -0.3 is 15.5 Å². The van der Waals surface area contributed by atoms with Crippen LogP contribution in [0.5, 0.6) is 0 Å². The molecule has 0 bridgehead atoms. The molecule has 1 saturated heterocycles. The van der Waals surface area contributed by atoms with Gasteiger partial charge in [0.05, 0.1) is 10.6 Å². The highest BCUT2D eigenvalue weighted by Gasteiger charge is 2.19. The van der Waals surface area contributed by atoms with Crippen LogP contribution in [-0.4, -0.2) is 63.7 Å². The highest BCUT2D eigenvalue weighted by atomic mass is 127. The second-order valence-corrected chi connectivity index (χ2v) is 10.4. The summed E-state index contributed by atoms with van der Waals surface area (Å²) in [6.45, 7) is 10.7. The molecule has 0 radical (unpaired) electrons. The van der Waals surface area contributed by atoms with Crippen molar-refractivity contribution in [1.82, 2.24) is 15.5 Å². The fraction of sp³-hybridized carbons (Fsp3) is 0.619. The summed E-state index contributed by atoms with van der Waals surface area (Å²) in [7, 11) is -3.40. The van der Waals surface area contributed by atoms with E-state index in [9.17, 15) is 13.2 Å². The van der Waals surface area contributed by atoms with Gasteiger partial charge in [-0.1, -0.05) is 32.9 Å². The smallest absolute Gasteiger partial charge is 0.244 e. The maximum absolute atomic E-state index is 12.6. The van der Waals surface area contributed by atoms with E-state index in [2.05, 4.69) is 36.4 Å². The normalized spacial score (nSPS) is 14.9. The Bertz CT molecular complexity index is 812. The van der Waals surface area contributed by atoms with Crippen molar-refractivity contribution >= 4 is 45.7 Å². The maximum Gasteiger partial charge on any atom is 0.244 e. The molecule has 0 saturated carbocycles. The number of nitrogens with zero attached hydrogens (tertiary/aromatic N) is 2. The molecule has 9 heteroatoms. The largest absolute Gasteiger partial charge is 0.357 e. The Morgan fingerprint density at radius 3 is 2.23 bits per heavy atom. The lowest BCUT2D eigenvalue weighted by molar-refractivity contribution is -0.128. The van der Waals surface area contributed by atoms with Crippen LogP contribution in [0, 0.1) is 0 Å². The number of carbonyl (C=O) groups is 1. The number of hydrogen-bond donors (Lipinski definition) is 2. The number of amides is 1. The fourth-order valence-electron chi connectivity index (χ4n) is 3.14. The summed E-state index contributed by atoms with van der Waals surface area (Å²) in [6, 6.07) is 7.08. The van der Waals surface area contributed by atoms with E-state index < -0.39 is 9.84 Å². The zero-order valence-electron chi connectivity index (χ0n) is 18.4. The van der Waals surface area contributed by atoms with Gasteiger partial charge in [-0.05, 0) is 42.9 Å². The molecule has 1 aliphatic heterocycles. The molecule has 0 aromatic heterocycles. The van der Waals surface area contributed by atoms with Gasteiger partial charge in [0.2, 0.25) is 5.91 Å². The molecule has 0 aliphatic carbocycles. The second-order valence-electron chi connectivity index (χ2n) is 8.30. The minimum absolute atomic E-state index is 0. The SMILES string of the molecule is CCNC(=NCC(=O)N1CCCC1)NCCS(=O)(=O)c1ccc(C(C)(C)C)cc1.I. The zero-order chi connectivity index (χ0) is 21.5. The average Bonchev–Trinajstić information content (AvgIpc) is 3.20. The van der Waals surface area contributed by atoms with Crippen molar-refractivity contribution in [3.63, 3.8) is 0 Å². The van der Waals surface area contributed by atoms with Crippen LogP contribution in [0.1, 0.15) is 46.1 Å². The number of carbonyl (C=O) groups excluding carboxylic acids is 1. The molecular formula is C21H35IN4O3S. The number of hydrogen-bond acceptors (Lipinski definition) is 4. The van der Waals surface area contributed by atoms with Gasteiger partial charge in [0.15, 0.2) is 15.8 Å². The van der Waals surface area contributed by atoms with Crippen LogP contribution in [0.15, 0.2) is 34.2 Å². The molecule has 2 rings (SSSR count). The summed E-state index contributed by atoms with van der Waals surface area (Å²) >= 11 is 0. The topological polar surface area (TPSA) is 90.9 Å². The Hall–Kier alpha value is -1.36. The van der Waals surface area contributed by atoms with Crippen LogP contribution in [0.4, 0.5) is 0 Å². The summed E-state index contributed by atoms with van der Waals surface area (Å²) in [5.41, 5.74) is 1.08. The number of guanidine groups is 1. The first-order valence-corrected chi connectivity index (χ1v) is 11.9. The third-order valence-electron chi connectivity index (χ3n) is 4.92. The third kappa shape index (κ3) is 8.05. The quantitative estimate of drug-likeness (QED) is 0.310. The number of aliphatic imine (C=N–C) groups is 1. The predicted octanol–water partition coefficient (Wildman–Crippen LogP) is 2.55. The van der Waals surface area contributed by atoms with Crippen molar-refractivity contribution in [2.24, 2.45) is 4.99 Å². The number of benzene rings is 1. The molecule has 1 fully saturated rings. The summed E-state index contributed by atoms with van der Waals surface area (Å²) < 4.78 is 25.2. The van der Waals surface area contributed by atoms with Crippen LogP contribution in [-0.2, 0) is 20.0 Å². The van der Waals surface area contributed by atoms with E-state index >= 15 is 0 Å². The monoisotopic (exact) mass is 550 g/mol. The van der Waals surface area contributed by atoms with E-state index in [0.717, 1.165) is 31.5 Å². The molecule has 0 unspecified atom stereocenters. The molecule has 1 aromatic carbocycles. The second kappa shape index (κ2) is 11.9. The Morgan fingerprint density at radius 2 is 1.70 bits per heavy atom. The van der Waals surface area contributed by atoms with Gasteiger partial charge in [0, 0.05) is 26.2 Å². The lowest BCUT2D eigenvalue weighted by Gasteiger charge is -2.19. The number of likely N-dealkylation sites (tertiary alicyclic amines) is 1. The minimum atomic E-state index is -3.40. The van der Waals surface area contributed by atoms with Crippen LogP contribution >= 0.6 is 24.0 Å². The lowest BCUT2D eigenvalue weighted by atomic mass is 9.87. The first-order valence-electron chi connectivity index (χ1n) is 10.3. The van der Waals surface area contributed by atoms with Crippen LogP contribution in [0.25, 0.3) is 0 Å². The lowest BCUT2D eigenvalue weighted by Crippen LogP contribution is -2.40. The van der Waals surface area contributed by atoms with Gasteiger partial charge in [0.25, 0.3) is 0 Å². The highest BCUT2D eigenvalue weighted by molar-refractivity contribution is 14.0. The molecule has 0 spiro atoms. The van der Waals surface area contributed by atoms with Crippen LogP contribution in [0.3, 0.4) is 0 Å². The number of nitrogens with one attached hydrogen (secondary N) is 2. The van der Waals surface area contributed by atoms with Crippen molar-refractivity contribution in [1.29, 1.82) is 0 Å². The van der Waals surface area contributed by atoms with E-state index in [1.54, 1.807) is 12.1 Å².